The summed E-state index contributed by atoms with van der Waals surface area (Å²) < 4.78 is 18.0. The lowest BCUT2D eigenvalue weighted by Crippen LogP contribution is -1.94. The van der Waals surface area contributed by atoms with Crippen molar-refractivity contribution in [2.24, 2.45) is 0 Å². The number of alkyl halides is 1. The van der Waals surface area contributed by atoms with Crippen molar-refractivity contribution in [1.29, 1.82) is 0 Å². The van der Waals surface area contributed by atoms with Crippen LogP contribution in [0.2, 0.25) is 0 Å². The summed E-state index contributed by atoms with van der Waals surface area (Å²) in [5, 5.41) is 0. The number of ether oxygens (including phenoxy) is 1. The zero-order valence-electron chi connectivity index (χ0n) is 11.5. The molecule has 21 heavy (non-hydrogen) atoms. The van der Waals surface area contributed by atoms with Crippen molar-refractivity contribution in [3.63, 3.8) is 0 Å². The van der Waals surface area contributed by atoms with Gasteiger partial charge >= 0.3 is 0 Å². The Labute approximate surface area is 127 Å². The molecule has 0 aromatic heterocycles. The van der Waals surface area contributed by atoms with Crippen LogP contribution in [0, 0.1) is 5.82 Å². The van der Waals surface area contributed by atoms with E-state index < -0.39 is 0 Å². The molecule has 4 heteroatoms. The Hall–Kier alpha value is -2.13. The number of halogens is 2. The van der Waals surface area contributed by atoms with Crippen LogP contribution in [0.4, 0.5) is 4.39 Å². The van der Waals surface area contributed by atoms with Crippen LogP contribution in [0.25, 0.3) is 6.08 Å². The molecule has 0 spiro atoms. The normalized spacial score (nSPS) is 10.8. The number of carbonyl (C=O) groups is 1. The summed E-state index contributed by atoms with van der Waals surface area (Å²) in [6, 6.07) is 10.9. The third kappa shape index (κ3) is 3.92. The van der Waals surface area contributed by atoms with Crippen LogP contribution in [0.3, 0.4) is 0 Å². The Balaban J connectivity index is 2.17. The maximum Gasteiger partial charge on any atom is 0.185 e. The summed E-state index contributed by atoms with van der Waals surface area (Å²) in [4.78, 5) is 11.9. The quantitative estimate of drug-likeness (QED) is 0.463. The summed E-state index contributed by atoms with van der Waals surface area (Å²) in [6.07, 6.45) is 3.15. The Morgan fingerprint density at radius 3 is 2.57 bits per heavy atom. The standard InChI is InChI=1S/C17H14ClFO2/c1-21-17-9-3-12(10-14(17)11-18)2-8-16(20)13-4-6-15(19)7-5-13/h2-10H,11H2,1H3/b8-2+. The summed E-state index contributed by atoms with van der Waals surface area (Å²) in [5.41, 5.74) is 2.15. The summed E-state index contributed by atoms with van der Waals surface area (Å²) in [6.45, 7) is 0. The van der Waals surface area contributed by atoms with E-state index in [1.54, 1.807) is 19.3 Å². The molecule has 108 valence electrons. The lowest BCUT2D eigenvalue weighted by Gasteiger charge is -2.06. The van der Waals surface area contributed by atoms with Gasteiger partial charge in [-0.2, -0.15) is 0 Å². The number of benzene rings is 2. The molecule has 2 rings (SSSR count). The molecule has 0 aliphatic rings. The number of hydrogen-bond acceptors (Lipinski definition) is 2. The van der Waals surface area contributed by atoms with Gasteiger partial charge in [-0.1, -0.05) is 12.1 Å². The van der Waals surface area contributed by atoms with Gasteiger partial charge in [-0.05, 0) is 48.0 Å². The van der Waals surface area contributed by atoms with E-state index in [0.717, 1.165) is 11.1 Å². The molecule has 0 atom stereocenters. The second-order valence-electron chi connectivity index (χ2n) is 4.41. The number of carbonyl (C=O) groups excluding carboxylic acids is 1. The Bertz CT molecular complexity index is 663. The minimum atomic E-state index is -0.363. The number of methoxy groups -OCH3 is 1. The molecule has 0 fully saturated rings. The SMILES string of the molecule is COc1ccc(/C=C/C(=O)c2ccc(F)cc2)cc1CCl. The molecule has 0 heterocycles. The molecule has 0 aliphatic heterocycles. The first-order valence-electron chi connectivity index (χ1n) is 6.35. The minimum Gasteiger partial charge on any atom is -0.496 e. The van der Waals surface area contributed by atoms with Crippen molar-refractivity contribution in [3.05, 3.63) is 71.0 Å². The van der Waals surface area contributed by atoms with E-state index in [-0.39, 0.29) is 11.6 Å². The Kier molecular flexibility index (Phi) is 5.12. The molecule has 2 aromatic carbocycles. The highest BCUT2D eigenvalue weighted by molar-refractivity contribution is 6.17. The van der Waals surface area contributed by atoms with Crippen LogP contribution in [0.5, 0.6) is 5.75 Å². The topological polar surface area (TPSA) is 26.3 Å². The maximum absolute atomic E-state index is 12.8. The molecule has 0 N–H and O–H groups in total. The zero-order valence-corrected chi connectivity index (χ0v) is 12.2. The second kappa shape index (κ2) is 7.04. The van der Waals surface area contributed by atoms with Gasteiger partial charge in [0.25, 0.3) is 0 Å². The highest BCUT2D eigenvalue weighted by Gasteiger charge is 2.04. The first kappa shape index (κ1) is 15.3. The predicted molar refractivity (Wildman–Crippen MR) is 82.3 cm³/mol. The lowest BCUT2D eigenvalue weighted by molar-refractivity contribution is 0.104. The molecule has 0 saturated heterocycles. The zero-order chi connectivity index (χ0) is 15.2. The fraction of sp³-hybridized carbons (Fsp3) is 0.118. The molecule has 0 amide bonds. The van der Waals surface area contributed by atoms with Gasteiger partial charge in [0.15, 0.2) is 5.78 Å². The highest BCUT2D eigenvalue weighted by atomic mass is 35.5. The van der Waals surface area contributed by atoms with Crippen molar-refractivity contribution in [2.45, 2.75) is 5.88 Å². The monoisotopic (exact) mass is 304 g/mol. The second-order valence-corrected chi connectivity index (χ2v) is 4.68. The van der Waals surface area contributed by atoms with Crippen molar-refractivity contribution < 1.29 is 13.9 Å². The first-order chi connectivity index (χ1) is 10.1. The highest BCUT2D eigenvalue weighted by Crippen LogP contribution is 2.22. The van der Waals surface area contributed by atoms with Crippen molar-refractivity contribution in [2.75, 3.05) is 7.11 Å². The van der Waals surface area contributed by atoms with Crippen LogP contribution >= 0.6 is 11.6 Å². The third-order valence-electron chi connectivity index (χ3n) is 3.00. The van der Waals surface area contributed by atoms with Crippen LogP contribution in [0.1, 0.15) is 21.5 Å². The first-order valence-corrected chi connectivity index (χ1v) is 6.88. The summed E-state index contributed by atoms with van der Waals surface area (Å²) in [5.74, 6) is 0.499. The molecule has 0 unspecified atom stereocenters. The Morgan fingerprint density at radius 2 is 1.95 bits per heavy atom. The fourth-order valence-corrected chi connectivity index (χ4v) is 2.10. The van der Waals surface area contributed by atoms with Crippen LogP contribution < -0.4 is 4.74 Å². The van der Waals surface area contributed by atoms with E-state index in [1.165, 1.54) is 30.3 Å². The molecular weight excluding hydrogens is 291 g/mol. The summed E-state index contributed by atoms with van der Waals surface area (Å²) in [7, 11) is 1.58. The average molecular weight is 305 g/mol. The van der Waals surface area contributed by atoms with Crippen LogP contribution in [-0.2, 0) is 5.88 Å². The minimum absolute atomic E-state index is 0.182. The smallest absolute Gasteiger partial charge is 0.185 e. The Morgan fingerprint density at radius 1 is 1.24 bits per heavy atom. The van der Waals surface area contributed by atoms with Gasteiger partial charge in [0.2, 0.25) is 0 Å². The van der Waals surface area contributed by atoms with Gasteiger partial charge in [0.1, 0.15) is 11.6 Å². The number of ketones is 1. The molecule has 0 radical (unpaired) electrons. The van der Waals surface area contributed by atoms with E-state index in [1.807, 2.05) is 12.1 Å². The largest absolute Gasteiger partial charge is 0.496 e. The number of rotatable bonds is 5. The number of hydrogen-bond donors (Lipinski definition) is 0. The van der Waals surface area contributed by atoms with Crippen molar-refractivity contribution in [1.82, 2.24) is 0 Å². The van der Waals surface area contributed by atoms with Crippen LogP contribution in [0.15, 0.2) is 48.5 Å². The van der Waals surface area contributed by atoms with Gasteiger partial charge in [-0.25, -0.2) is 4.39 Å². The van der Waals surface area contributed by atoms with Crippen LogP contribution in [-0.4, -0.2) is 12.9 Å². The van der Waals surface area contributed by atoms with Gasteiger partial charge in [-0.15, -0.1) is 11.6 Å². The van der Waals surface area contributed by atoms with Gasteiger partial charge in [0.05, 0.1) is 13.0 Å². The predicted octanol–water partition coefficient (Wildman–Crippen LogP) is 4.47. The lowest BCUT2D eigenvalue weighted by atomic mass is 10.1. The van der Waals surface area contributed by atoms with Gasteiger partial charge in [0, 0.05) is 11.1 Å². The molecule has 2 aromatic rings. The maximum atomic E-state index is 12.8. The molecular formula is C17H14ClFO2. The van der Waals surface area contributed by atoms with Crippen molar-refractivity contribution in [3.8, 4) is 5.75 Å². The van der Waals surface area contributed by atoms with E-state index >= 15 is 0 Å². The number of allylic oxidation sites excluding steroid dienone is 1. The molecule has 0 saturated carbocycles. The molecule has 2 nitrogen and oxygen atoms in total. The van der Waals surface area contributed by atoms with Gasteiger partial charge in [-0.3, -0.25) is 4.79 Å². The van der Waals surface area contributed by atoms with E-state index in [2.05, 4.69) is 0 Å². The summed E-state index contributed by atoms with van der Waals surface area (Å²) >= 11 is 5.85. The van der Waals surface area contributed by atoms with E-state index in [4.69, 9.17) is 16.3 Å². The van der Waals surface area contributed by atoms with E-state index in [9.17, 15) is 9.18 Å². The molecule has 0 aliphatic carbocycles. The van der Waals surface area contributed by atoms with Gasteiger partial charge < -0.3 is 4.74 Å². The van der Waals surface area contributed by atoms with E-state index in [0.29, 0.717) is 17.2 Å². The molecule has 0 bridgehead atoms. The van der Waals surface area contributed by atoms with Crippen molar-refractivity contribution >= 4 is 23.5 Å². The fourth-order valence-electron chi connectivity index (χ4n) is 1.89. The third-order valence-corrected chi connectivity index (χ3v) is 3.29. The average Bonchev–Trinajstić information content (AvgIpc) is 2.52.